The lowest BCUT2D eigenvalue weighted by Gasteiger charge is -2.37. The van der Waals surface area contributed by atoms with Crippen molar-refractivity contribution in [2.45, 2.75) is 57.2 Å². The van der Waals surface area contributed by atoms with Gasteiger partial charge >= 0.3 is 0 Å². The van der Waals surface area contributed by atoms with Crippen LogP contribution >= 0.6 is 0 Å². The molecule has 1 fully saturated rings. The van der Waals surface area contributed by atoms with Crippen LogP contribution in [0.1, 0.15) is 20.8 Å². The summed E-state index contributed by atoms with van der Waals surface area (Å²) in [5.41, 5.74) is 0. The molecule has 0 spiro atoms. The van der Waals surface area contributed by atoms with Crippen LogP contribution in [0.4, 0.5) is 0 Å². The largest absolute Gasteiger partial charge is 0.414 e. The molecule has 1 heterocycles. The molecule has 0 aromatic rings. The van der Waals surface area contributed by atoms with Gasteiger partial charge in [-0.05, 0) is 18.1 Å². The Bertz CT molecular complexity index is 237. The maximum Gasteiger partial charge on any atom is 0.192 e. The zero-order valence-electron chi connectivity index (χ0n) is 10.9. The van der Waals surface area contributed by atoms with Crippen molar-refractivity contribution in [3.05, 3.63) is 0 Å². The molecule has 5 heteroatoms. The molecule has 0 radical (unpaired) electrons. The zero-order valence-corrected chi connectivity index (χ0v) is 11.9. The molecule has 1 rings (SSSR count). The number of aliphatic hydroxyl groups is 2. The summed E-state index contributed by atoms with van der Waals surface area (Å²) in [6, 6.07) is 0. The maximum atomic E-state index is 9.62. The predicted octanol–water partition coefficient (Wildman–Crippen LogP) is 1.13. The van der Waals surface area contributed by atoms with Gasteiger partial charge in [-0.2, -0.15) is 0 Å². The second kappa shape index (κ2) is 4.74. The minimum absolute atomic E-state index is 0.148. The normalized spacial score (nSPS) is 32.1. The van der Waals surface area contributed by atoms with Crippen molar-refractivity contribution >= 4 is 8.32 Å². The summed E-state index contributed by atoms with van der Waals surface area (Å²) < 4.78 is 11.2. The molecule has 0 amide bonds. The highest BCUT2D eigenvalue weighted by atomic mass is 28.4. The quantitative estimate of drug-likeness (QED) is 0.735. The van der Waals surface area contributed by atoms with Crippen LogP contribution < -0.4 is 0 Å². The van der Waals surface area contributed by atoms with Gasteiger partial charge in [0.05, 0.1) is 13.2 Å². The van der Waals surface area contributed by atoms with Gasteiger partial charge in [-0.3, -0.25) is 0 Å². The smallest absolute Gasteiger partial charge is 0.192 e. The highest BCUT2D eigenvalue weighted by Gasteiger charge is 2.40. The van der Waals surface area contributed by atoms with Gasteiger partial charge in [-0.15, -0.1) is 0 Å². The minimum atomic E-state index is -1.80. The summed E-state index contributed by atoms with van der Waals surface area (Å²) in [4.78, 5) is 0. The van der Waals surface area contributed by atoms with Crippen molar-refractivity contribution in [2.75, 3.05) is 13.2 Å². The lowest BCUT2D eigenvalue weighted by Crippen LogP contribution is -2.44. The monoisotopic (exact) mass is 248 g/mol. The molecule has 0 unspecified atom stereocenters. The van der Waals surface area contributed by atoms with Crippen LogP contribution in [0.5, 0.6) is 0 Å². The third kappa shape index (κ3) is 3.04. The summed E-state index contributed by atoms with van der Waals surface area (Å²) >= 11 is 0. The summed E-state index contributed by atoms with van der Waals surface area (Å²) in [6.07, 6.45) is -1.97. The Labute approximate surface area is 98.7 Å². The van der Waals surface area contributed by atoms with E-state index < -0.39 is 20.5 Å². The predicted molar refractivity (Wildman–Crippen MR) is 64.9 cm³/mol. The van der Waals surface area contributed by atoms with Gasteiger partial charge in [0, 0.05) is 0 Å². The molecule has 16 heavy (non-hydrogen) atoms. The van der Waals surface area contributed by atoms with E-state index in [-0.39, 0.29) is 17.7 Å². The number of rotatable bonds is 3. The van der Waals surface area contributed by atoms with Crippen molar-refractivity contribution in [2.24, 2.45) is 0 Å². The van der Waals surface area contributed by atoms with E-state index in [0.29, 0.717) is 6.61 Å². The molecule has 1 saturated heterocycles. The Kier molecular flexibility index (Phi) is 4.18. The fraction of sp³-hybridized carbons (Fsp3) is 1.00. The molecule has 0 bridgehead atoms. The van der Waals surface area contributed by atoms with Gasteiger partial charge in [0.1, 0.15) is 18.3 Å². The Morgan fingerprint density at radius 1 is 1.31 bits per heavy atom. The van der Waals surface area contributed by atoms with Crippen molar-refractivity contribution in [1.29, 1.82) is 0 Å². The molecular weight excluding hydrogens is 224 g/mol. The van der Waals surface area contributed by atoms with Crippen LogP contribution in [-0.2, 0) is 9.16 Å². The molecule has 4 nitrogen and oxygen atoms in total. The van der Waals surface area contributed by atoms with Crippen molar-refractivity contribution in [1.82, 2.24) is 0 Å². The van der Waals surface area contributed by atoms with E-state index in [1.54, 1.807) is 0 Å². The zero-order chi connectivity index (χ0) is 12.6. The highest BCUT2D eigenvalue weighted by Crippen LogP contribution is 2.36. The fourth-order valence-electron chi connectivity index (χ4n) is 1.32. The number of hydrogen-bond acceptors (Lipinski definition) is 4. The van der Waals surface area contributed by atoms with Gasteiger partial charge in [0.25, 0.3) is 0 Å². The van der Waals surface area contributed by atoms with Gasteiger partial charge in [-0.25, -0.2) is 0 Å². The molecule has 0 saturated carbocycles. The Morgan fingerprint density at radius 3 is 2.25 bits per heavy atom. The van der Waals surface area contributed by atoms with Crippen molar-refractivity contribution in [3.8, 4) is 0 Å². The lowest BCUT2D eigenvalue weighted by atomic mass is 10.2. The van der Waals surface area contributed by atoms with E-state index in [1.165, 1.54) is 0 Å². The molecule has 0 aliphatic carbocycles. The number of hydrogen-bond donors (Lipinski definition) is 2. The average molecular weight is 248 g/mol. The van der Waals surface area contributed by atoms with Gasteiger partial charge in [-0.1, -0.05) is 20.8 Å². The minimum Gasteiger partial charge on any atom is -0.414 e. The van der Waals surface area contributed by atoms with E-state index in [9.17, 15) is 10.2 Å². The third-order valence-corrected chi connectivity index (χ3v) is 8.17. The Hall–Kier alpha value is 0.0569. The standard InChI is InChI=1S/C11H24O4Si/c1-11(2,3)16(4,5)15-7-9-10(13)8(12)6-14-9/h8-10,12-13H,6-7H2,1-5H3/t8-,9+,10-/m0/s1. The van der Waals surface area contributed by atoms with Crippen LogP contribution in [0.3, 0.4) is 0 Å². The molecular formula is C11H24O4Si. The van der Waals surface area contributed by atoms with E-state index in [1.807, 2.05) is 0 Å². The first-order chi connectivity index (χ1) is 7.15. The highest BCUT2D eigenvalue weighted by molar-refractivity contribution is 6.74. The van der Waals surface area contributed by atoms with E-state index >= 15 is 0 Å². The van der Waals surface area contributed by atoms with Crippen molar-refractivity contribution in [3.63, 3.8) is 0 Å². The molecule has 96 valence electrons. The van der Waals surface area contributed by atoms with E-state index in [0.717, 1.165) is 0 Å². The topological polar surface area (TPSA) is 58.9 Å². The summed E-state index contributed by atoms with van der Waals surface area (Å²) in [5, 5.41) is 19.1. The van der Waals surface area contributed by atoms with Crippen LogP contribution in [0.15, 0.2) is 0 Å². The molecule has 0 aromatic carbocycles. The van der Waals surface area contributed by atoms with Crippen LogP contribution in [0, 0.1) is 0 Å². The van der Waals surface area contributed by atoms with Crippen LogP contribution in [0.25, 0.3) is 0 Å². The molecule has 1 aliphatic heterocycles. The fourth-order valence-corrected chi connectivity index (χ4v) is 2.33. The maximum absolute atomic E-state index is 9.62. The SMILES string of the molecule is CC(C)(C)[Si](C)(C)OC[C@H]1OC[C@H](O)[C@@H]1O. The molecule has 0 aromatic heterocycles. The third-order valence-electron chi connectivity index (χ3n) is 3.67. The van der Waals surface area contributed by atoms with Crippen molar-refractivity contribution < 1.29 is 19.4 Å². The molecule has 1 aliphatic rings. The summed E-state index contributed by atoms with van der Waals surface area (Å²) in [6.45, 7) is 11.4. The van der Waals surface area contributed by atoms with Gasteiger partial charge in [0.15, 0.2) is 8.32 Å². The first kappa shape index (κ1) is 14.1. The van der Waals surface area contributed by atoms with E-state index in [4.69, 9.17) is 9.16 Å². The first-order valence-electron chi connectivity index (χ1n) is 5.77. The first-order valence-corrected chi connectivity index (χ1v) is 8.67. The second-order valence-electron chi connectivity index (χ2n) is 6.00. The lowest BCUT2D eigenvalue weighted by molar-refractivity contribution is -0.00295. The second-order valence-corrected chi connectivity index (χ2v) is 10.8. The van der Waals surface area contributed by atoms with E-state index in [2.05, 4.69) is 33.9 Å². The van der Waals surface area contributed by atoms with Gasteiger partial charge < -0.3 is 19.4 Å². The molecule has 3 atom stereocenters. The van der Waals surface area contributed by atoms with Crippen LogP contribution in [0.2, 0.25) is 18.1 Å². The average Bonchev–Trinajstić information content (AvgIpc) is 2.43. The van der Waals surface area contributed by atoms with Crippen LogP contribution in [-0.4, -0.2) is 50.1 Å². The number of aliphatic hydroxyl groups excluding tert-OH is 2. The Morgan fingerprint density at radius 2 is 1.88 bits per heavy atom. The van der Waals surface area contributed by atoms with Gasteiger partial charge in [0.2, 0.25) is 0 Å². The summed E-state index contributed by atoms with van der Waals surface area (Å²) in [5.74, 6) is 0. The molecule has 2 N–H and O–H groups in total. The Balaban J connectivity index is 2.46. The summed E-state index contributed by atoms with van der Waals surface area (Å²) in [7, 11) is -1.80. The number of ether oxygens (including phenoxy) is 1.